The van der Waals surface area contributed by atoms with E-state index in [1.54, 1.807) is 0 Å². The predicted molar refractivity (Wildman–Crippen MR) is 86.5 cm³/mol. The van der Waals surface area contributed by atoms with Crippen LogP contribution >= 0.6 is 0 Å². The molecule has 2 aromatic rings. The molecule has 1 aliphatic heterocycles. The quantitative estimate of drug-likeness (QED) is 0.900. The van der Waals surface area contributed by atoms with Gasteiger partial charge in [0.2, 0.25) is 0 Å². The molecule has 0 bridgehead atoms. The Balaban J connectivity index is 1.58. The molecule has 0 aliphatic carbocycles. The Kier molecular flexibility index (Phi) is 3.91. The van der Waals surface area contributed by atoms with Crippen LogP contribution in [0.15, 0.2) is 54.6 Å². The second-order valence-corrected chi connectivity index (χ2v) is 5.56. The van der Waals surface area contributed by atoms with Crippen molar-refractivity contribution in [1.82, 2.24) is 0 Å². The fraction of sp³-hybridized carbons (Fsp3) is 0.333. The van der Waals surface area contributed by atoms with Gasteiger partial charge >= 0.3 is 0 Å². The lowest BCUT2D eigenvalue weighted by atomic mass is 10.0. The van der Waals surface area contributed by atoms with Crippen molar-refractivity contribution in [2.24, 2.45) is 0 Å². The first-order valence-electron chi connectivity index (χ1n) is 7.45. The minimum Gasteiger partial charge on any atom is -0.382 e. The van der Waals surface area contributed by atoms with Crippen LogP contribution in [0, 0.1) is 6.92 Å². The SMILES string of the molecule is Cc1ccccc1NC1CCN(c2ccccc2)CC1. The van der Waals surface area contributed by atoms with Crippen LogP contribution in [-0.4, -0.2) is 19.1 Å². The maximum absolute atomic E-state index is 3.69. The number of piperidine rings is 1. The van der Waals surface area contributed by atoms with Crippen LogP contribution in [-0.2, 0) is 0 Å². The summed E-state index contributed by atoms with van der Waals surface area (Å²) in [7, 11) is 0. The van der Waals surface area contributed by atoms with Crippen LogP contribution in [0.25, 0.3) is 0 Å². The van der Waals surface area contributed by atoms with Gasteiger partial charge in [-0.1, -0.05) is 36.4 Å². The van der Waals surface area contributed by atoms with E-state index < -0.39 is 0 Å². The van der Waals surface area contributed by atoms with Gasteiger partial charge in [0.05, 0.1) is 0 Å². The molecule has 1 aliphatic rings. The third-order valence-corrected chi connectivity index (χ3v) is 4.12. The molecule has 0 saturated carbocycles. The molecule has 0 unspecified atom stereocenters. The van der Waals surface area contributed by atoms with Gasteiger partial charge < -0.3 is 10.2 Å². The number of nitrogens with zero attached hydrogens (tertiary/aromatic N) is 1. The number of aryl methyl sites for hydroxylation is 1. The molecule has 1 heterocycles. The summed E-state index contributed by atoms with van der Waals surface area (Å²) in [4.78, 5) is 2.48. The Morgan fingerprint density at radius 1 is 0.900 bits per heavy atom. The highest BCUT2D eigenvalue weighted by Crippen LogP contribution is 2.23. The van der Waals surface area contributed by atoms with E-state index >= 15 is 0 Å². The average Bonchev–Trinajstić information content (AvgIpc) is 2.51. The van der Waals surface area contributed by atoms with E-state index in [1.807, 2.05) is 0 Å². The lowest BCUT2D eigenvalue weighted by Gasteiger charge is -2.34. The van der Waals surface area contributed by atoms with Gasteiger partial charge in [-0.05, 0) is 43.5 Å². The Labute approximate surface area is 121 Å². The molecule has 20 heavy (non-hydrogen) atoms. The molecular weight excluding hydrogens is 244 g/mol. The Morgan fingerprint density at radius 3 is 2.25 bits per heavy atom. The molecule has 1 N–H and O–H groups in total. The molecule has 1 saturated heterocycles. The maximum atomic E-state index is 3.69. The molecule has 2 heteroatoms. The minimum atomic E-state index is 0.594. The van der Waals surface area contributed by atoms with Crippen LogP contribution in [0.1, 0.15) is 18.4 Å². The Hall–Kier alpha value is -1.96. The number of nitrogens with one attached hydrogen (secondary N) is 1. The third kappa shape index (κ3) is 2.96. The number of para-hydroxylation sites is 2. The molecule has 1 fully saturated rings. The largest absolute Gasteiger partial charge is 0.382 e. The fourth-order valence-corrected chi connectivity index (χ4v) is 2.88. The summed E-state index contributed by atoms with van der Waals surface area (Å²) in [6.45, 7) is 4.43. The molecule has 0 aromatic heterocycles. The molecule has 104 valence electrons. The summed E-state index contributed by atoms with van der Waals surface area (Å²) in [6, 6.07) is 19.9. The van der Waals surface area contributed by atoms with Gasteiger partial charge in [0.15, 0.2) is 0 Å². The van der Waals surface area contributed by atoms with Crippen LogP contribution in [0.5, 0.6) is 0 Å². The number of hydrogen-bond acceptors (Lipinski definition) is 2. The van der Waals surface area contributed by atoms with E-state index in [1.165, 1.54) is 29.8 Å². The van der Waals surface area contributed by atoms with Crippen molar-refractivity contribution in [3.8, 4) is 0 Å². The zero-order valence-electron chi connectivity index (χ0n) is 12.0. The monoisotopic (exact) mass is 266 g/mol. The second kappa shape index (κ2) is 6.00. The first-order valence-corrected chi connectivity index (χ1v) is 7.45. The summed E-state index contributed by atoms with van der Waals surface area (Å²) in [5.41, 5.74) is 3.96. The highest BCUT2D eigenvalue weighted by Gasteiger charge is 2.19. The average molecular weight is 266 g/mol. The lowest BCUT2D eigenvalue weighted by Crippen LogP contribution is -2.39. The molecule has 0 radical (unpaired) electrons. The number of hydrogen-bond donors (Lipinski definition) is 1. The van der Waals surface area contributed by atoms with Crippen LogP contribution in [0.3, 0.4) is 0 Å². The van der Waals surface area contributed by atoms with Gasteiger partial charge in [-0.25, -0.2) is 0 Å². The molecule has 0 atom stereocenters. The topological polar surface area (TPSA) is 15.3 Å². The number of anilines is 2. The van der Waals surface area contributed by atoms with E-state index in [2.05, 4.69) is 71.7 Å². The van der Waals surface area contributed by atoms with Gasteiger partial charge in [0, 0.05) is 30.5 Å². The van der Waals surface area contributed by atoms with E-state index in [9.17, 15) is 0 Å². The Morgan fingerprint density at radius 2 is 1.55 bits per heavy atom. The van der Waals surface area contributed by atoms with E-state index in [4.69, 9.17) is 0 Å². The van der Waals surface area contributed by atoms with Crippen LogP contribution in [0.2, 0.25) is 0 Å². The standard InChI is InChI=1S/C18H22N2/c1-15-7-5-6-10-18(15)19-16-11-13-20(14-12-16)17-8-3-2-4-9-17/h2-10,16,19H,11-14H2,1H3. The number of rotatable bonds is 3. The highest BCUT2D eigenvalue weighted by atomic mass is 15.1. The van der Waals surface area contributed by atoms with Crippen LogP contribution in [0.4, 0.5) is 11.4 Å². The molecule has 2 aromatic carbocycles. The maximum Gasteiger partial charge on any atom is 0.0372 e. The summed E-state index contributed by atoms with van der Waals surface area (Å²) in [5.74, 6) is 0. The van der Waals surface area contributed by atoms with Crippen molar-refractivity contribution in [3.63, 3.8) is 0 Å². The van der Waals surface area contributed by atoms with Crippen LogP contribution < -0.4 is 10.2 Å². The van der Waals surface area contributed by atoms with Crippen molar-refractivity contribution in [2.45, 2.75) is 25.8 Å². The summed E-state index contributed by atoms with van der Waals surface area (Å²) >= 11 is 0. The van der Waals surface area contributed by atoms with Crippen molar-refractivity contribution in [2.75, 3.05) is 23.3 Å². The highest BCUT2D eigenvalue weighted by molar-refractivity contribution is 5.51. The van der Waals surface area contributed by atoms with Crippen molar-refractivity contribution in [1.29, 1.82) is 0 Å². The molecule has 0 amide bonds. The first kappa shape index (κ1) is 13.0. The summed E-state index contributed by atoms with van der Waals surface area (Å²) < 4.78 is 0. The van der Waals surface area contributed by atoms with Gasteiger partial charge in [0.25, 0.3) is 0 Å². The molecule has 2 nitrogen and oxygen atoms in total. The van der Waals surface area contributed by atoms with Gasteiger partial charge in [-0.3, -0.25) is 0 Å². The minimum absolute atomic E-state index is 0.594. The molecular formula is C18H22N2. The van der Waals surface area contributed by atoms with Crippen molar-refractivity contribution in [3.05, 3.63) is 60.2 Å². The zero-order valence-corrected chi connectivity index (χ0v) is 12.0. The molecule has 3 rings (SSSR count). The third-order valence-electron chi connectivity index (χ3n) is 4.12. The van der Waals surface area contributed by atoms with Gasteiger partial charge in [-0.15, -0.1) is 0 Å². The summed E-state index contributed by atoms with van der Waals surface area (Å²) in [6.07, 6.45) is 2.40. The smallest absolute Gasteiger partial charge is 0.0372 e. The second-order valence-electron chi connectivity index (χ2n) is 5.56. The Bertz CT molecular complexity index is 542. The number of benzene rings is 2. The zero-order chi connectivity index (χ0) is 13.8. The summed E-state index contributed by atoms with van der Waals surface area (Å²) in [5, 5.41) is 3.69. The predicted octanol–water partition coefficient (Wildman–Crippen LogP) is 4.08. The van der Waals surface area contributed by atoms with Gasteiger partial charge in [0.1, 0.15) is 0 Å². The first-order chi connectivity index (χ1) is 9.83. The van der Waals surface area contributed by atoms with E-state index in [-0.39, 0.29) is 0 Å². The normalized spacial score (nSPS) is 16.1. The lowest BCUT2D eigenvalue weighted by molar-refractivity contribution is 0.526. The van der Waals surface area contributed by atoms with Crippen molar-refractivity contribution < 1.29 is 0 Å². The fourth-order valence-electron chi connectivity index (χ4n) is 2.88. The van der Waals surface area contributed by atoms with Gasteiger partial charge in [-0.2, -0.15) is 0 Å². The van der Waals surface area contributed by atoms with E-state index in [0.29, 0.717) is 6.04 Å². The van der Waals surface area contributed by atoms with E-state index in [0.717, 1.165) is 13.1 Å². The molecule has 0 spiro atoms. The van der Waals surface area contributed by atoms with Crippen molar-refractivity contribution >= 4 is 11.4 Å².